The molecule has 7 nitrogen and oxygen atoms in total. The fourth-order valence-corrected chi connectivity index (χ4v) is 4.08. The van der Waals surface area contributed by atoms with E-state index in [1.165, 1.54) is 4.90 Å². The molecule has 1 aliphatic heterocycles. The lowest BCUT2D eigenvalue weighted by molar-refractivity contribution is -0.911. The number of rotatable bonds is 8. The Morgan fingerprint density at radius 3 is 2.15 bits per heavy atom. The van der Waals surface area contributed by atoms with Gasteiger partial charge in [-0.05, 0) is 36.3 Å². The van der Waals surface area contributed by atoms with Crippen molar-refractivity contribution < 1.29 is 41.4 Å². The summed E-state index contributed by atoms with van der Waals surface area (Å²) in [4.78, 5) is 15.8. The third-order valence-electron chi connectivity index (χ3n) is 5.88. The number of halogens is 1. The normalized spacial score (nSPS) is 16.1. The van der Waals surface area contributed by atoms with Crippen molar-refractivity contribution in [2.45, 2.75) is 12.5 Å². The molecule has 1 amide bonds. The zero-order valence-electron chi connectivity index (χ0n) is 19.6. The molecule has 33 heavy (non-hydrogen) atoms. The van der Waals surface area contributed by atoms with Crippen LogP contribution in [0.15, 0.2) is 48.5 Å². The molecule has 3 rings (SSSR count). The maximum Gasteiger partial charge on any atom is 0.246 e. The summed E-state index contributed by atoms with van der Waals surface area (Å²) in [5, 5.41) is 10.9. The number of ether oxygens (including phenoxy) is 3. The molecule has 0 aromatic heterocycles. The topological polar surface area (TPSA) is 72.7 Å². The van der Waals surface area contributed by atoms with Crippen LogP contribution in [0.4, 0.5) is 0 Å². The second-order valence-corrected chi connectivity index (χ2v) is 8.18. The number of hydrogen-bond donors (Lipinski definition) is 2. The number of piperazine rings is 1. The average Bonchev–Trinajstić information content (AvgIpc) is 2.82. The number of aliphatic hydroxyl groups is 1. The SMILES string of the molecule is COc1cc(/C=C/C(=O)N2CC[NH+](CC(C)(O)c3ccccc3)CC2)cc(OC)c1OC.[Cl-]. The molecule has 0 spiro atoms. The maximum atomic E-state index is 12.7. The van der Waals surface area contributed by atoms with E-state index in [1.54, 1.807) is 45.6 Å². The van der Waals surface area contributed by atoms with E-state index in [2.05, 4.69) is 0 Å². The average molecular weight is 477 g/mol. The minimum atomic E-state index is -0.894. The Balaban J connectivity index is 0.00000385. The molecule has 2 aromatic carbocycles. The Bertz CT molecular complexity index is 916. The highest BCUT2D eigenvalue weighted by atomic mass is 35.5. The fraction of sp³-hybridized carbons (Fsp3) is 0.400. The van der Waals surface area contributed by atoms with Gasteiger partial charge >= 0.3 is 0 Å². The first-order valence-electron chi connectivity index (χ1n) is 10.8. The van der Waals surface area contributed by atoms with E-state index in [1.807, 2.05) is 42.2 Å². The lowest BCUT2D eigenvalue weighted by atomic mass is 9.95. The largest absolute Gasteiger partial charge is 1.00 e. The number of nitrogens with zero attached hydrogens (tertiary/aromatic N) is 1. The van der Waals surface area contributed by atoms with E-state index in [0.717, 1.165) is 24.2 Å². The fourth-order valence-electron chi connectivity index (χ4n) is 4.08. The first-order chi connectivity index (χ1) is 15.4. The third-order valence-corrected chi connectivity index (χ3v) is 5.88. The van der Waals surface area contributed by atoms with E-state index in [-0.39, 0.29) is 18.3 Å². The molecule has 0 radical (unpaired) electrons. The molecule has 1 fully saturated rings. The molecule has 2 N–H and O–H groups in total. The van der Waals surface area contributed by atoms with Gasteiger partial charge in [0.05, 0.1) is 47.5 Å². The van der Waals surface area contributed by atoms with Crippen molar-refractivity contribution >= 4 is 12.0 Å². The molecule has 8 heteroatoms. The molecule has 1 saturated heterocycles. The third kappa shape index (κ3) is 6.63. The lowest BCUT2D eigenvalue weighted by Gasteiger charge is -2.35. The Morgan fingerprint density at radius 2 is 1.64 bits per heavy atom. The van der Waals surface area contributed by atoms with Crippen LogP contribution in [0.5, 0.6) is 17.2 Å². The summed E-state index contributed by atoms with van der Waals surface area (Å²) >= 11 is 0. The van der Waals surface area contributed by atoms with Crippen molar-refractivity contribution in [2.24, 2.45) is 0 Å². The molecule has 180 valence electrons. The summed E-state index contributed by atoms with van der Waals surface area (Å²) in [6.45, 7) is 5.37. The van der Waals surface area contributed by atoms with Gasteiger partial charge in [-0.3, -0.25) is 4.79 Å². The lowest BCUT2D eigenvalue weighted by Crippen LogP contribution is -3.16. The van der Waals surface area contributed by atoms with Crippen LogP contribution in [-0.4, -0.2) is 70.0 Å². The number of carbonyl (C=O) groups excluding carboxylic acids is 1. The van der Waals surface area contributed by atoms with Gasteiger partial charge in [0, 0.05) is 6.08 Å². The standard InChI is InChI=1S/C25H32N2O5.ClH/c1-25(29,20-8-6-5-7-9-20)18-26-12-14-27(15-13-26)23(28)11-10-19-16-21(30-2)24(32-4)22(17-19)31-3;/h5-11,16-17,29H,12-15,18H2,1-4H3;1H/b11-10+;. The van der Waals surface area contributed by atoms with Gasteiger partial charge in [-0.1, -0.05) is 30.3 Å². The van der Waals surface area contributed by atoms with Crippen LogP contribution in [0.2, 0.25) is 0 Å². The molecular formula is C25H33ClN2O5. The Hall–Kier alpha value is -2.74. The first kappa shape index (κ1) is 26.5. The van der Waals surface area contributed by atoms with Gasteiger partial charge in [-0.2, -0.15) is 0 Å². The number of methoxy groups -OCH3 is 3. The summed E-state index contributed by atoms with van der Waals surface area (Å²) in [7, 11) is 4.68. The molecule has 1 unspecified atom stereocenters. The van der Waals surface area contributed by atoms with Crippen molar-refractivity contribution in [3.63, 3.8) is 0 Å². The van der Waals surface area contributed by atoms with Crippen LogP contribution >= 0.6 is 0 Å². The summed E-state index contributed by atoms with van der Waals surface area (Å²) in [6, 6.07) is 13.3. The molecule has 1 aliphatic rings. The summed E-state index contributed by atoms with van der Waals surface area (Å²) in [5.74, 6) is 1.57. The highest BCUT2D eigenvalue weighted by Gasteiger charge is 2.31. The first-order valence-corrected chi connectivity index (χ1v) is 10.8. The highest BCUT2D eigenvalue weighted by molar-refractivity contribution is 5.92. The summed E-state index contributed by atoms with van der Waals surface area (Å²) in [5.41, 5.74) is 0.810. The number of quaternary nitrogens is 1. The van der Waals surface area contributed by atoms with E-state index < -0.39 is 5.60 Å². The molecule has 0 saturated carbocycles. The Labute approximate surface area is 202 Å². The van der Waals surface area contributed by atoms with Gasteiger partial charge in [-0.25, -0.2) is 0 Å². The smallest absolute Gasteiger partial charge is 0.246 e. The van der Waals surface area contributed by atoms with Gasteiger partial charge in [0.25, 0.3) is 0 Å². The number of hydrogen-bond acceptors (Lipinski definition) is 5. The van der Waals surface area contributed by atoms with Gasteiger partial charge in [0.15, 0.2) is 11.5 Å². The second kappa shape index (κ2) is 11.9. The van der Waals surface area contributed by atoms with Gasteiger partial charge in [-0.15, -0.1) is 0 Å². The van der Waals surface area contributed by atoms with Crippen LogP contribution in [0, 0.1) is 0 Å². The van der Waals surface area contributed by atoms with Gasteiger partial charge in [0.2, 0.25) is 11.7 Å². The van der Waals surface area contributed by atoms with Crippen molar-refractivity contribution in [3.8, 4) is 17.2 Å². The Morgan fingerprint density at radius 1 is 1.06 bits per heavy atom. The van der Waals surface area contributed by atoms with E-state index >= 15 is 0 Å². The molecule has 1 atom stereocenters. The Kier molecular flexibility index (Phi) is 9.58. The minimum Gasteiger partial charge on any atom is -1.00 e. The van der Waals surface area contributed by atoms with Crippen LogP contribution in [0.1, 0.15) is 18.1 Å². The van der Waals surface area contributed by atoms with Crippen molar-refractivity contribution in [1.82, 2.24) is 4.90 Å². The quantitative estimate of drug-likeness (QED) is 0.447. The van der Waals surface area contributed by atoms with Crippen molar-refractivity contribution in [1.29, 1.82) is 0 Å². The van der Waals surface area contributed by atoms with E-state index in [4.69, 9.17) is 14.2 Å². The molecule has 0 aliphatic carbocycles. The van der Waals surface area contributed by atoms with E-state index in [9.17, 15) is 9.90 Å². The molecule has 0 bridgehead atoms. The van der Waals surface area contributed by atoms with Crippen LogP contribution in [0.3, 0.4) is 0 Å². The monoisotopic (exact) mass is 476 g/mol. The van der Waals surface area contributed by atoms with Crippen molar-refractivity contribution in [2.75, 3.05) is 54.1 Å². The van der Waals surface area contributed by atoms with Gasteiger partial charge < -0.3 is 41.5 Å². The predicted octanol–water partition coefficient (Wildman–Crippen LogP) is -1.64. The second-order valence-electron chi connectivity index (χ2n) is 8.18. The van der Waals surface area contributed by atoms with Crippen molar-refractivity contribution in [3.05, 3.63) is 59.7 Å². The van der Waals surface area contributed by atoms with Gasteiger partial charge in [0.1, 0.15) is 12.1 Å². The number of benzene rings is 2. The summed E-state index contributed by atoms with van der Waals surface area (Å²) in [6.07, 6.45) is 3.33. The number of amides is 1. The maximum absolute atomic E-state index is 12.7. The zero-order valence-corrected chi connectivity index (χ0v) is 20.4. The predicted molar refractivity (Wildman–Crippen MR) is 123 cm³/mol. The highest BCUT2D eigenvalue weighted by Crippen LogP contribution is 2.38. The van der Waals surface area contributed by atoms with Crippen LogP contribution < -0.4 is 31.5 Å². The van der Waals surface area contributed by atoms with Crippen LogP contribution in [0.25, 0.3) is 6.08 Å². The molecule has 2 aromatic rings. The minimum absolute atomic E-state index is 0. The van der Waals surface area contributed by atoms with E-state index in [0.29, 0.717) is 36.9 Å². The molecular weight excluding hydrogens is 444 g/mol. The number of nitrogens with one attached hydrogen (secondary N) is 1. The molecule has 1 heterocycles. The van der Waals surface area contributed by atoms with Crippen LogP contribution in [-0.2, 0) is 10.4 Å². The zero-order chi connectivity index (χ0) is 23.1. The number of carbonyl (C=O) groups is 1. The summed E-state index contributed by atoms with van der Waals surface area (Å²) < 4.78 is 16.1.